The van der Waals surface area contributed by atoms with Crippen molar-refractivity contribution in [1.82, 2.24) is 9.21 Å². The largest absolute Gasteiger partial charge is 0.497 e. The van der Waals surface area contributed by atoms with Crippen molar-refractivity contribution < 1.29 is 17.9 Å². The molecule has 26 heavy (non-hydrogen) atoms. The molecule has 0 atom stereocenters. The van der Waals surface area contributed by atoms with Gasteiger partial charge >= 0.3 is 0 Å². The first-order valence-electron chi connectivity index (χ1n) is 8.86. The lowest BCUT2D eigenvalue weighted by atomic mass is 9.86. The van der Waals surface area contributed by atoms with Gasteiger partial charge in [-0.05, 0) is 31.4 Å². The standard InChI is InChI=1S/C18H29N3O4S/c1-5-13-26(23,24)21-11-9-18(10-12-21,17(22)20(2)3)19-15-7-6-8-16(14-15)25-4/h6-8,14,19H,5,9-13H2,1-4H3. The van der Waals surface area contributed by atoms with Gasteiger partial charge in [0.1, 0.15) is 11.3 Å². The number of amides is 1. The van der Waals surface area contributed by atoms with E-state index >= 15 is 0 Å². The van der Waals surface area contributed by atoms with E-state index < -0.39 is 15.6 Å². The minimum Gasteiger partial charge on any atom is -0.497 e. The van der Waals surface area contributed by atoms with E-state index in [4.69, 9.17) is 4.74 Å². The lowest BCUT2D eigenvalue weighted by Gasteiger charge is -2.42. The zero-order valence-corrected chi connectivity index (χ0v) is 16.8. The van der Waals surface area contributed by atoms with E-state index in [1.807, 2.05) is 31.2 Å². The lowest BCUT2D eigenvalue weighted by Crippen LogP contribution is -2.58. The highest BCUT2D eigenvalue weighted by Gasteiger charge is 2.44. The number of methoxy groups -OCH3 is 1. The number of rotatable bonds is 7. The summed E-state index contributed by atoms with van der Waals surface area (Å²) in [4.78, 5) is 14.5. The molecular formula is C18H29N3O4S. The van der Waals surface area contributed by atoms with Crippen LogP contribution in [0.25, 0.3) is 0 Å². The quantitative estimate of drug-likeness (QED) is 0.776. The Morgan fingerprint density at radius 1 is 1.31 bits per heavy atom. The van der Waals surface area contributed by atoms with Gasteiger partial charge in [-0.25, -0.2) is 12.7 Å². The van der Waals surface area contributed by atoms with Crippen molar-refractivity contribution in [2.45, 2.75) is 31.7 Å². The number of nitrogens with one attached hydrogen (secondary N) is 1. The summed E-state index contributed by atoms with van der Waals surface area (Å²) >= 11 is 0. The van der Waals surface area contributed by atoms with E-state index in [2.05, 4.69) is 5.32 Å². The van der Waals surface area contributed by atoms with Crippen LogP contribution in [0, 0.1) is 0 Å². The zero-order chi connectivity index (χ0) is 19.4. The fraction of sp³-hybridized carbons (Fsp3) is 0.611. The molecule has 0 aliphatic carbocycles. The molecule has 0 aromatic heterocycles. The van der Waals surface area contributed by atoms with Crippen LogP contribution in [0.5, 0.6) is 5.75 Å². The molecule has 0 bridgehead atoms. The molecule has 1 amide bonds. The van der Waals surface area contributed by atoms with Crippen molar-refractivity contribution in [1.29, 1.82) is 0 Å². The first-order valence-corrected chi connectivity index (χ1v) is 10.5. The fourth-order valence-corrected chi connectivity index (χ4v) is 4.84. The van der Waals surface area contributed by atoms with Gasteiger partial charge in [-0.1, -0.05) is 13.0 Å². The Bertz CT molecular complexity index is 726. The summed E-state index contributed by atoms with van der Waals surface area (Å²) < 4.78 is 31.4. The van der Waals surface area contributed by atoms with Crippen LogP contribution in [0.3, 0.4) is 0 Å². The average Bonchev–Trinajstić information content (AvgIpc) is 2.61. The van der Waals surface area contributed by atoms with Gasteiger partial charge in [0.15, 0.2) is 0 Å². The normalized spacial score (nSPS) is 17.5. The summed E-state index contributed by atoms with van der Waals surface area (Å²) in [6, 6.07) is 7.42. The van der Waals surface area contributed by atoms with Crippen LogP contribution in [0.4, 0.5) is 5.69 Å². The van der Waals surface area contributed by atoms with E-state index in [9.17, 15) is 13.2 Å². The topological polar surface area (TPSA) is 79.0 Å². The van der Waals surface area contributed by atoms with Crippen molar-refractivity contribution in [3.05, 3.63) is 24.3 Å². The number of hydrogen-bond donors (Lipinski definition) is 1. The second-order valence-corrected chi connectivity index (χ2v) is 8.94. The van der Waals surface area contributed by atoms with Crippen molar-refractivity contribution in [3.63, 3.8) is 0 Å². The van der Waals surface area contributed by atoms with Crippen molar-refractivity contribution >= 4 is 21.6 Å². The number of sulfonamides is 1. The minimum absolute atomic E-state index is 0.0483. The molecule has 1 aromatic carbocycles. The van der Waals surface area contributed by atoms with Gasteiger partial charge in [0, 0.05) is 38.9 Å². The maximum atomic E-state index is 12.9. The third kappa shape index (κ3) is 4.48. The summed E-state index contributed by atoms with van der Waals surface area (Å²) in [5, 5.41) is 3.36. The van der Waals surface area contributed by atoms with Crippen LogP contribution in [-0.2, 0) is 14.8 Å². The molecule has 2 rings (SSSR count). The predicted octanol–water partition coefficient (Wildman–Crippen LogP) is 1.77. The molecule has 8 heteroatoms. The monoisotopic (exact) mass is 383 g/mol. The number of benzene rings is 1. The summed E-state index contributed by atoms with van der Waals surface area (Å²) in [6.07, 6.45) is 1.43. The second-order valence-electron chi connectivity index (χ2n) is 6.85. The number of nitrogens with zero attached hydrogens (tertiary/aromatic N) is 2. The number of hydrogen-bond acceptors (Lipinski definition) is 5. The second kappa shape index (κ2) is 8.26. The highest BCUT2D eigenvalue weighted by molar-refractivity contribution is 7.89. The van der Waals surface area contributed by atoms with Crippen LogP contribution in [-0.4, -0.2) is 69.1 Å². The van der Waals surface area contributed by atoms with Crippen LogP contribution in [0.15, 0.2) is 24.3 Å². The molecule has 1 aliphatic heterocycles. The van der Waals surface area contributed by atoms with E-state index in [-0.39, 0.29) is 11.7 Å². The predicted molar refractivity (Wildman–Crippen MR) is 103 cm³/mol. The van der Waals surface area contributed by atoms with Gasteiger partial charge in [0.05, 0.1) is 12.9 Å². The third-order valence-electron chi connectivity index (χ3n) is 4.70. The average molecular weight is 384 g/mol. The Balaban J connectivity index is 2.24. The Morgan fingerprint density at radius 3 is 2.50 bits per heavy atom. The van der Waals surface area contributed by atoms with Crippen LogP contribution < -0.4 is 10.1 Å². The van der Waals surface area contributed by atoms with Gasteiger partial charge in [0.25, 0.3) is 0 Å². The van der Waals surface area contributed by atoms with E-state index in [0.717, 1.165) is 5.69 Å². The van der Waals surface area contributed by atoms with Gasteiger partial charge in [-0.3, -0.25) is 4.79 Å². The zero-order valence-electron chi connectivity index (χ0n) is 16.0. The SMILES string of the molecule is CCCS(=O)(=O)N1CCC(Nc2cccc(OC)c2)(C(=O)N(C)C)CC1. The number of likely N-dealkylation sites (N-methyl/N-ethyl adjacent to an activating group) is 1. The molecule has 1 aliphatic rings. The Morgan fingerprint density at radius 2 is 1.96 bits per heavy atom. The van der Waals surface area contributed by atoms with Gasteiger partial charge in [-0.15, -0.1) is 0 Å². The maximum Gasteiger partial charge on any atom is 0.247 e. The van der Waals surface area contributed by atoms with Crippen molar-refractivity contribution in [2.24, 2.45) is 0 Å². The molecule has 1 fully saturated rings. The first-order chi connectivity index (χ1) is 12.2. The van der Waals surface area contributed by atoms with Crippen LogP contribution in [0.2, 0.25) is 0 Å². The molecule has 0 radical (unpaired) electrons. The number of anilines is 1. The Kier molecular flexibility index (Phi) is 6.52. The maximum absolute atomic E-state index is 12.9. The number of piperidine rings is 1. The highest BCUT2D eigenvalue weighted by atomic mass is 32.2. The van der Waals surface area contributed by atoms with E-state index in [1.54, 1.807) is 26.1 Å². The molecule has 0 spiro atoms. The van der Waals surface area contributed by atoms with Gasteiger partial charge in [0.2, 0.25) is 15.9 Å². The van der Waals surface area contributed by atoms with Crippen LogP contribution in [0.1, 0.15) is 26.2 Å². The number of ether oxygens (including phenoxy) is 1. The molecule has 7 nitrogen and oxygen atoms in total. The van der Waals surface area contributed by atoms with Crippen LogP contribution >= 0.6 is 0 Å². The summed E-state index contributed by atoms with van der Waals surface area (Å²) in [5.74, 6) is 0.795. The fourth-order valence-electron chi connectivity index (χ4n) is 3.33. The highest BCUT2D eigenvalue weighted by Crippen LogP contribution is 2.31. The van der Waals surface area contributed by atoms with E-state index in [0.29, 0.717) is 38.1 Å². The summed E-state index contributed by atoms with van der Waals surface area (Å²) in [7, 11) is 1.78. The minimum atomic E-state index is -3.25. The summed E-state index contributed by atoms with van der Waals surface area (Å²) in [5.41, 5.74) is -0.0434. The van der Waals surface area contributed by atoms with Gasteiger partial charge in [-0.2, -0.15) is 0 Å². The summed E-state index contributed by atoms with van der Waals surface area (Å²) in [6.45, 7) is 2.52. The molecule has 146 valence electrons. The Hall–Kier alpha value is -1.80. The third-order valence-corrected chi connectivity index (χ3v) is 6.78. The number of carbonyl (C=O) groups excluding carboxylic acids is 1. The molecule has 1 saturated heterocycles. The van der Waals surface area contributed by atoms with E-state index in [1.165, 1.54) is 4.31 Å². The molecular weight excluding hydrogens is 354 g/mol. The Labute approximate surface area is 156 Å². The molecule has 0 saturated carbocycles. The smallest absolute Gasteiger partial charge is 0.247 e. The lowest BCUT2D eigenvalue weighted by molar-refractivity contribution is -0.134. The number of carbonyl (C=O) groups is 1. The molecule has 1 aromatic rings. The van der Waals surface area contributed by atoms with Crippen molar-refractivity contribution in [3.8, 4) is 5.75 Å². The molecule has 1 N–H and O–H groups in total. The van der Waals surface area contributed by atoms with Gasteiger partial charge < -0.3 is 15.0 Å². The first kappa shape index (κ1) is 20.5. The van der Waals surface area contributed by atoms with Crippen molar-refractivity contribution in [2.75, 3.05) is 45.4 Å². The molecule has 0 unspecified atom stereocenters. The molecule has 1 heterocycles.